The molecule has 0 radical (unpaired) electrons. The summed E-state index contributed by atoms with van der Waals surface area (Å²) in [4.78, 5) is 23.3. The van der Waals surface area contributed by atoms with Crippen LogP contribution in [0.5, 0.6) is 5.75 Å². The molecule has 0 saturated carbocycles. The number of anilines is 1. The summed E-state index contributed by atoms with van der Waals surface area (Å²) in [7, 11) is 1.85. The number of rotatable bonds is 9. The molecule has 0 spiro atoms. The predicted molar refractivity (Wildman–Crippen MR) is 128 cm³/mol. The van der Waals surface area contributed by atoms with E-state index in [0.29, 0.717) is 40.0 Å². The number of ether oxygens (including phenoxy) is 1. The lowest BCUT2D eigenvalue weighted by atomic mass is 10.3. The largest absolute Gasteiger partial charge is 0.492 e. The predicted octanol–water partition coefficient (Wildman–Crippen LogP) is 3.21. The summed E-state index contributed by atoms with van der Waals surface area (Å²) in [6, 6.07) is 12.7. The highest BCUT2D eigenvalue weighted by molar-refractivity contribution is 8.01. The summed E-state index contributed by atoms with van der Waals surface area (Å²) >= 11 is 3.73. The molecule has 1 aromatic carbocycles. The SMILES string of the molecule is Cc1nsc(N(Sc2ccc(OCCN)cc2)C(=O)c2cccc(Sc3nncn3C)n2)n1. The Morgan fingerprint density at radius 1 is 1.21 bits per heavy atom. The van der Waals surface area contributed by atoms with Gasteiger partial charge in [-0.1, -0.05) is 6.07 Å². The number of amides is 1. The minimum atomic E-state index is -0.306. The van der Waals surface area contributed by atoms with Crippen molar-refractivity contribution in [1.82, 2.24) is 29.1 Å². The summed E-state index contributed by atoms with van der Waals surface area (Å²) < 4.78 is 13.0. The van der Waals surface area contributed by atoms with Crippen LogP contribution in [0.1, 0.15) is 16.3 Å². The minimum absolute atomic E-state index is 0.283. The Bertz CT molecular complexity index is 1230. The van der Waals surface area contributed by atoms with Gasteiger partial charge < -0.3 is 15.0 Å². The van der Waals surface area contributed by atoms with Crippen LogP contribution in [-0.4, -0.2) is 48.2 Å². The summed E-state index contributed by atoms with van der Waals surface area (Å²) in [6.45, 7) is 2.67. The van der Waals surface area contributed by atoms with Crippen molar-refractivity contribution in [2.24, 2.45) is 12.8 Å². The smallest absolute Gasteiger partial charge is 0.289 e. The fraction of sp³-hybridized carbons (Fsp3) is 0.200. The van der Waals surface area contributed by atoms with Crippen molar-refractivity contribution in [2.45, 2.75) is 22.0 Å². The normalized spacial score (nSPS) is 10.9. The molecule has 4 aromatic rings. The minimum Gasteiger partial charge on any atom is -0.492 e. The average Bonchev–Trinajstić information content (AvgIpc) is 3.44. The van der Waals surface area contributed by atoms with Crippen LogP contribution in [0.25, 0.3) is 0 Å². The zero-order chi connectivity index (χ0) is 23.2. The lowest BCUT2D eigenvalue weighted by Gasteiger charge is -2.18. The number of nitrogens with two attached hydrogens (primary N) is 1. The molecule has 0 atom stereocenters. The van der Waals surface area contributed by atoms with Crippen molar-refractivity contribution in [2.75, 3.05) is 17.5 Å². The van der Waals surface area contributed by atoms with Crippen molar-refractivity contribution in [1.29, 1.82) is 0 Å². The maximum Gasteiger partial charge on any atom is 0.289 e. The molecule has 0 aliphatic rings. The highest BCUT2D eigenvalue weighted by atomic mass is 32.2. The van der Waals surface area contributed by atoms with Gasteiger partial charge in [0, 0.05) is 30.0 Å². The van der Waals surface area contributed by atoms with Gasteiger partial charge in [0.05, 0.1) is 0 Å². The molecular weight excluding hydrogens is 480 g/mol. The molecule has 3 aromatic heterocycles. The van der Waals surface area contributed by atoms with Gasteiger partial charge in [0.25, 0.3) is 5.91 Å². The maximum absolute atomic E-state index is 13.5. The number of pyridine rings is 1. The summed E-state index contributed by atoms with van der Waals surface area (Å²) in [6.07, 6.45) is 1.61. The van der Waals surface area contributed by atoms with Gasteiger partial charge in [-0.25, -0.2) is 14.3 Å². The third-order valence-electron chi connectivity index (χ3n) is 4.09. The second-order valence-corrected chi connectivity index (χ2v) is 9.35. The molecule has 0 unspecified atom stereocenters. The molecule has 13 heteroatoms. The van der Waals surface area contributed by atoms with Crippen LogP contribution in [0, 0.1) is 6.92 Å². The summed E-state index contributed by atoms with van der Waals surface area (Å²) in [5.74, 6) is 1.00. The van der Waals surface area contributed by atoms with Gasteiger partial charge in [-0.3, -0.25) is 4.79 Å². The Balaban J connectivity index is 1.58. The first-order valence-corrected chi connectivity index (χ1v) is 12.1. The van der Waals surface area contributed by atoms with E-state index in [-0.39, 0.29) is 11.6 Å². The van der Waals surface area contributed by atoms with E-state index in [0.717, 1.165) is 16.4 Å². The molecule has 2 N–H and O–H groups in total. The van der Waals surface area contributed by atoms with E-state index in [9.17, 15) is 4.79 Å². The molecule has 10 nitrogen and oxygen atoms in total. The van der Waals surface area contributed by atoms with Crippen LogP contribution in [0.3, 0.4) is 0 Å². The molecular formula is C20H20N8O2S3. The van der Waals surface area contributed by atoms with Crippen LogP contribution in [0.4, 0.5) is 5.13 Å². The van der Waals surface area contributed by atoms with Gasteiger partial charge in [0.15, 0.2) is 5.16 Å². The number of aromatic nitrogens is 6. The number of benzene rings is 1. The Kier molecular flexibility index (Phi) is 7.54. The zero-order valence-corrected chi connectivity index (χ0v) is 20.2. The van der Waals surface area contributed by atoms with Crippen LogP contribution < -0.4 is 14.8 Å². The van der Waals surface area contributed by atoms with Gasteiger partial charge in [0.2, 0.25) is 5.13 Å². The highest BCUT2D eigenvalue weighted by Gasteiger charge is 2.24. The summed E-state index contributed by atoms with van der Waals surface area (Å²) in [5.41, 5.74) is 5.77. The van der Waals surface area contributed by atoms with E-state index in [2.05, 4.69) is 24.5 Å². The molecule has 0 aliphatic carbocycles. The van der Waals surface area contributed by atoms with Gasteiger partial charge in [-0.2, -0.15) is 4.37 Å². The fourth-order valence-corrected chi connectivity index (χ4v) is 4.89. The lowest BCUT2D eigenvalue weighted by molar-refractivity contribution is 0.100. The van der Waals surface area contributed by atoms with E-state index in [1.54, 1.807) is 30.0 Å². The van der Waals surface area contributed by atoms with Crippen molar-refractivity contribution in [3.8, 4) is 5.75 Å². The Labute approximate surface area is 202 Å². The standard InChI is InChI=1S/C20H20N8O2S3/c1-13-23-19(32-26-13)28(33-15-8-6-14(7-9-15)30-11-10-21)18(29)16-4-3-5-17(24-16)31-20-25-22-12-27(20)2/h3-9,12H,10-11,21H2,1-2H3. The average molecular weight is 501 g/mol. The van der Waals surface area contributed by atoms with Crippen LogP contribution in [-0.2, 0) is 7.05 Å². The van der Waals surface area contributed by atoms with E-state index in [4.69, 9.17) is 10.5 Å². The Morgan fingerprint density at radius 2 is 2.03 bits per heavy atom. The van der Waals surface area contributed by atoms with Gasteiger partial charge in [-0.15, -0.1) is 10.2 Å². The van der Waals surface area contributed by atoms with Crippen LogP contribution in [0.15, 0.2) is 63.9 Å². The second-order valence-electron chi connectivity index (χ2n) is 6.61. The quantitative estimate of drug-likeness (QED) is 0.342. The second kappa shape index (κ2) is 10.7. The van der Waals surface area contributed by atoms with E-state index < -0.39 is 0 Å². The van der Waals surface area contributed by atoms with E-state index in [1.807, 2.05) is 37.4 Å². The first kappa shape index (κ1) is 23.2. The molecule has 3 heterocycles. The molecule has 0 aliphatic heterocycles. The first-order chi connectivity index (χ1) is 16.0. The molecule has 0 saturated heterocycles. The Morgan fingerprint density at radius 3 is 2.70 bits per heavy atom. The molecule has 170 valence electrons. The van der Waals surface area contributed by atoms with E-state index in [1.165, 1.54) is 28.0 Å². The molecule has 0 bridgehead atoms. The van der Waals surface area contributed by atoms with Crippen LogP contribution >= 0.6 is 35.2 Å². The number of carbonyl (C=O) groups is 1. The van der Waals surface area contributed by atoms with E-state index >= 15 is 0 Å². The lowest BCUT2D eigenvalue weighted by Crippen LogP contribution is -2.24. The number of aryl methyl sites for hydroxylation is 2. The van der Waals surface area contributed by atoms with Gasteiger partial charge in [0.1, 0.15) is 35.2 Å². The molecule has 33 heavy (non-hydrogen) atoms. The van der Waals surface area contributed by atoms with Crippen molar-refractivity contribution in [3.63, 3.8) is 0 Å². The highest BCUT2D eigenvalue weighted by Crippen LogP contribution is 2.33. The molecule has 4 rings (SSSR count). The number of hydrogen-bond donors (Lipinski definition) is 1. The first-order valence-electron chi connectivity index (χ1n) is 9.78. The van der Waals surface area contributed by atoms with Gasteiger partial charge >= 0.3 is 0 Å². The topological polar surface area (TPSA) is 125 Å². The van der Waals surface area contributed by atoms with Crippen molar-refractivity contribution in [3.05, 3.63) is 60.3 Å². The summed E-state index contributed by atoms with van der Waals surface area (Å²) in [5, 5.41) is 9.71. The third kappa shape index (κ3) is 5.87. The number of carbonyl (C=O) groups excluding carboxylic acids is 1. The zero-order valence-electron chi connectivity index (χ0n) is 17.8. The van der Waals surface area contributed by atoms with Crippen LogP contribution in [0.2, 0.25) is 0 Å². The number of hydrogen-bond acceptors (Lipinski definition) is 11. The Hall–Kier alpha value is -3.00. The number of nitrogens with zero attached hydrogens (tertiary/aromatic N) is 7. The molecule has 1 amide bonds. The monoisotopic (exact) mass is 500 g/mol. The molecule has 0 fully saturated rings. The maximum atomic E-state index is 13.5. The van der Waals surface area contributed by atoms with Crippen molar-refractivity contribution < 1.29 is 9.53 Å². The van der Waals surface area contributed by atoms with Crippen molar-refractivity contribution >= 4 is 46.3 Å². The van der Waals surface area contributed by atoms with Gasteiger partial charge in [-0.05, 0) is 67.0 Å². The fourth-order valence-electron chi connectivity index (χ4n) is 2.57. The third-order valence-corrected chi connectivity index (χ3v) is 6.99.